The van der Waals surface area contributed by atoms with Crippen molar-refractivity contribution < 1.29 is 39.0 Å². The summed E-state index contributed by atoms with van der Waals surface area (Å²) in [7, 11) is 0. The van der Waals surface area contributed by atoms with Gasteiger partial charge in [0.1, 0.15) is 36.0 Å². The van der Waals surface area contributed by atoms with Crippen molar-refractivity contribution in [2.45, 2.75) is 109 Å². The second kappa shape index (κ2) is 20.9. The maximum absolute atomic E-state index is 14.3. The number of aromatic nitrogens is 2. The third kappa shape index (κ3) is 12.9. The van der Waals surface area contributed by atoms with Gasteiger partial charge in [-0.25, -0.2) is 9.78 Å². The summed E-state index contributed by atoms with van der Waals surface area (Å²) in [6, 6.07) is 8.50. The lowest BCUT2D eigenvalue weighted by molar-refractivity contribution is -0.145. The van der Waals surface area contributed by atoms with Gasteiger partial charge in [-0.15, -0.1) is 0 Å². The summed E-state index contributed by atoms with van der Waals surface area (Å²) in [5.74, 6) is -4.49. The largest absolute Gasteiger partial charge is 0.508 e. The Kier molecular flexibility index (Phi) is 16.2. The highest BCUT2D eigenvalue weighted by molar-refractivity contribution is 5.97. The number of benzene rings is 2. The Morgan fingerprint density at radius 1 is 0.842 bits per heavy atom. The summed E-state index contributed by atoms with van der Waals surface area (Å²) >= 11 is 0. The number of phenols is 1. The van der Waals surface area contributed by atoms with Crippen LogP contribution in [0.4, 0.5) is 0 Å². The molecule has 7 atom stereocenters. The molecule has 1 fully saturated rings. The van der Waals surface area contributed by atoms with Gasteiger partial charge < -0.3 is 47.1 Å². The number of carboxylic acids is 1. The first kappa shape index (κ1) is 44.0. The van der Waals surface area contributed by atoms with E-state index in [2.05, 4.69) is 31.2 Å². The smallest absolute Gasteiger partial charge is 0.326 e. The van der Waals surface area contributed by atoms with Crippen molar-refractivity contribution in [2.75, 3.05) is 6.54 Å². The fourth-order valence-corrected chi connectivity index (χ4v) is 6.83. The zero-order chi connectivity index (χ0) is 41.6. The van der Waals surface area contributed by atoms with Crippen LogP contribution in [-0.2, 0) is 48.0 Å². The van der Waals surface area contributed by atoms with Crippen molar-refractivity contribution >= 4 is 35.5 Å². The number of carbonyl (C=O) groups excluding carboxylic acids is 5. The van der Waals surface area contributed by atoms with E-state index in [1.165, 1.54) is 29.6 Å². The molecule has 0 unspecified atom stereocenters. The van der Waals surface area contributed by atoms with E-state index in [1.54, 1.807) is 49.4 Å². The van der Waals surface area contributed by atoms with Gasteiger partial charge in [0.15, 0.2) is 0 Å². The van der Waals surface area contributed by atoms with Crippen LogP contribution in [0, 0.1) is 11.8 Å². The van der Waals surface area contributed by atoms with E-state index in [-0.39, 0.29) is 37.5 Å². The van der Waals surface area contributed by atoms with Crippen LogP contribution < -0.4 is 27.0 Å². The van der Waals surface area contributed by atoms with Gasteiger partial charge in [0, 0.05) is 37.7 Å². The Labute approximate surface area is 332 Å². The minimum atomic E-state index is -1.23. The average Bonchev–Trinajstić information content (AvgIpc) is 3.89. The Balaban J connectivity index is 1.55. The molecule has 0 bridgehead atoms. The minimum absolute atomic E-state index is 0.0182. The lowest BCUT2D eigenvalue weighted by atomic mass is 9.96. The topological polar surface area (TPSA) is 249 Å². The predicted molar refractivity (Wildman–Crippen MR) is 211 cm³/mol. The molecule has 2 aromatic carbocycles. The lowest BCUT2D eigenvalue weighted by Crippen LogP contribution is -2.61. The monoisotopic (exact) mass is 788 g/mol. The number of nitrogens with one attached hydrogen (secondary N) is 5. The summed E-state index contributed by atoms with van der Waals surface area (Å²) in [5, 5.41) is 30.7. The van der Waals surface area contributed by atoms with E-state index in [9.17, 15) is 39.0 Å². The van der Waals surface area contributed by atoms with Gasteiger partial charge >= 0.3 is 5.97 Å². The summed E-state index contributed by atoms with van der Waals surface area (Å²) in [6.45, 7) is 7.67. The van der Waals surface area contributed by atoms with E-state index in [0.29, 0.717) is 36.9 Å². The zero-order valence-corrected chi connectivity index (χ0v) is 32.9. The van der Waals surface area contributed by atoms with Gasteiger partial charge in [0.25, 0.3) is 0 Å². The number of aromatic hydroxyl groups is 1. The van der Waals surface area contributed by atoms with Crippen LogP contribution in [0.5, 0.6) is 5.75 Å². The molecule has 5 amide bonds. The third-order valence-electron chi connectivity index (χ3n) is 10.2. The Bertz CT molecular complexity index is 1800. The van der Waals surface area contributed by atoms with Crippen LogP contribution >= 0.6 is 0 Å². The zero-order valence-electron chi connectivity index (χ0n) is 32.9. The van der Waals surface area contributed by atoms with Crippen LogP contribution in [0.3, 0.4) is 0 Å². The molecule has 4 rings (SSSR count). The first-order valence-electron chi connectivity index (χ1n) is 19.5. The van der Waals surface area contributed by atoms with Gasteiger partial charge in [-0.3, -0.25) is 24.0 Å². The number of imidazole rings is 1. The van der Waals surface area contributed by atoms with Crippen LogP contribution in [0.2, 0.25) is 0 Å². The molecule has 1 aliphatic rings. The summed E-state index contributed by atoms with van der Waals surface area (Å²) in [6.07, 6.45) is 4.63. The number of rotatable bonds is 20. The standard InChI is InChI=1S/C41H56N8O8/c1-5-25(4)35(48-37(52)31(19-27-13-15-29(50)16-14-27)45-36(51)30(42)18-24(2)3)39(54)46-32(21-28-22-43-23-44-28)40(55)49-17-9-12-34(49)38(53)47-33(41(56)57)20-26-10-7-6-8-11-26/h6-8,10-11,13-16,22-25,30-35,50H,5,9,12,17-21,42H2,1-4H3,(H,43,44)(H,45,51)(H,46,54)(H,47,53)(H,48,52)(H,56,57)/t25-,30-,31-,32-,33-,34-,35-/m0/s1. The SMILES string of the molecule is CC[C@H](C)[C@H](NC(=O)[C@H](Cc1ccc(O)cc1)NC(=O)[C@@H](N)CC(C)C)C(=O)N[C@@H](Cc1cnc[nH]1)C(=O)N1CCC[C@H]1C(=O)N[C@@H](Cc1ccccc1)C(=O)O. The number of aliphatic carboxylic acids is 1. The molecule has 3 aromatic rings. The number of phenolic OH excluding ortho intramolecular Hbond substituents is 1. The molecular weight excluding hydrogens is 732 g/mol. The molecule has 1 aliphatic heterocycles. The molecule has 0 aliphatic carbocycles. The van der Waals surface area contributed by atoms with Gasteiger partial charge in [0.2, 0.25) is 29.5 Å². The van der Waals surface area contributed by atoms with E-state index >= 15 is 0 Å². The third-order valence-corrected chi connectivity index (χ3v) is 10.2. The van der Waals surface area contributed by atoms with Gasteiger partial charge in [-0.1, -0.05) is 76.6 Å². The number of H-pyrrole nitrogens is 1. The van der Waals surface area contributed by atoms with Crippen molar-refractivity contribution in [1.82, 2.24) is 36.1 Å². The Morgan fingerprint density at radius 2 is 1.49 bits per heavy atom. The van der Waals surface area contributed by atoms with Crippen molar-refractivity contribution in [1.29, 1.82) is 0 Å². The Hall–Kier alpha value is -5.77. The molecule has 0 spiro atoms. The second-order valence-electron chi connectivity index (χ2n) is 15.2. The summed E-state index contributed by atoms with van der Waals surface area (Å²) < 4.78 is 0. The van der Waals surface area contributed by atoms with E-state index in [1.807, 2.05) is 20.8 Å². The van der Waals surface area contributed by atoms with Gasteiger partial charge in [-0.2, -0.15) is 0 Å². The highest BCUT2D eigenvalue weighted by Gasteiger charge is 2.40. The minimum Gasteiger partial charge on any atom is -0.508 e. The van der Waals surface area contributed by atoms with E-state index < -0.39 is 77.7 Å². The molecule has 16 nitrogen and oxygen atoms in total. The molecule has 1 saturated heterocycles. The maximum Gasteiger partial charge on any atom is 0.326 e. The van der Waals surface area contributed by atoms with Crippen molar-refractivity contribution in [3.8, 4) is 5.75 Å². The number of likely N-dealkylation sites (tertiary alicyclic amines) is 1. The fraction of sp³-hybridized carbons (Fsp3) is 0.488. The molecule has 16 heteroatoms. The van der Waals surface area contributed by atoms with Crippen molar-refractivity contribution in [3.63, 3.8) is 0 Å². The number of carbonyl (C=O) groups is 6. The summed E-state index contributed by atoms with van der Waals surface area (Å²) in [4.78, 5) is 89.8. The van der Waals surface area contributed by atoms with E-state index in [4.69, 9.17) is 5.73 Å². The highest BCUT2D eigenvalue weighted by atomic mass is 16.4. The van der Waals surface area contributed by atoms with Crippen LogP contribution in [0.1, 0.15) is 70.2 Å². The molecule has 308 valence electrons. The van der Waals surface area contributed by atoms with Crippen LogP contribution in [0.15, 0.2) is 67.1 Å². The van der Waals surface area contributed by atoms with Crippen molar-refractivity contribution in [3.05, 3.63) is 83.9 Å². The first-order valence-corrected chi connectivity index (χ1v) is 19.5. The number of amides is 5. The number of hydrogen-bond acceptors (Lipinski definition) is 9. The quantitative estimate of drug-likeness (QED) is 0.0821. The predicted octanol–water partition coefficient (Wildman–Crippen LogP) is 1.58. The highest BCUT2D eigenvalue weighted by Crippen LogP contribution is 2.21. The molecule has 0 saturated carbocycles. The number of hydrogen-bond donors (Lipinski definition) is 8. The average molecular weight is 789 g/mol. The van der Waals surface area contributed by atoms with Crippen LogP contribution in [0.25, 0.3) is 0 Å². The molecule has 1 aromatic heterocycles. The normalized spacial score (nSPS) is 17.1. The molecule has 9 N–H and O–H groups in total. The maximum atomic E-state index is 14.3. The molecule has 57 heavy (non-hydrogen) atoms. The number of aromatic amines is 1. The van der Waals surface area contributed by atoms with E-state index in [0.717, 1.165) is 5.56 Å². The number of nitrogens with zero attached hydrogens (tertiary/aromatic N) is 2. The number of carboxylic acid groups (broad SMARTS) is 1. The van der Waals surface area contributed by atoms with Gasteiger partial charge in [-0.05, 0) is 54.4 Å². The Morgan fingerprint density at radius 3 is 2.11 bits per heavy atom. The second-order valence-corrected chi connectivity index (χ2v) is 15.2. The molecule has 2 heterocycles. The lowest BCUT2D eigenvalue weighted by Gasteiger charge is -2.31. The number of nitrogens with two attached hydrogens (primary N) is 1. The first-order chi connectivity index (χ1) is 27.2. The van der Waals surface area contributed by atoms with Gasteiger partial charge in [0.05, 0.1) is 12.4 Å². The summed E-state index contributed by atoms with van der Waals surface area (Å²) in [5.41, 5.74) is 8.04. The molecular formula is C41H56N8O8. The van der Waals surface area contributed by atoms with Crippen LogP contribution in [-0.4, -0.2) is 103 Å². The molecule has 0 radical (unpaired) electrons. The fourth-order valence-electron chi connectivity index (χ4n) is 6.83. The van der Waals surface area contributed by atoms with Crippen molar-refractivity contribution in [2.24, 2.45) is 17.6 Å².